The van der Waals surface area contributed by atoms with Crippen LogP contribution in [0.4, 0.5) is 13.2 Å². The molecule has 33 heavy (non-hydrogen) atoms. The van der Waals surface area contributed by atoms with E-state index < -0.39 is 17.8 Å². The van der Waals surface area contributed by atoms with Crippen LogP contribution in [0.25, 0.3) is 10.9 Å². The molecule has 0 amide bonds. The van der Waals surface area contributed by atoms with Crippen molar-refractivity contribution in [3.8, 4) is 0 Å². The number of carbonyl (C=O) groups excluding carboxylic acids is 1. The van der Waals surface area contributed by atoms with E-state index in [0.29, 0.717) is 18.4 Å². The van der Waals surface area contributed by atoms with Gasteiger partial charge in [0.25, 0.3) is 0 Å². The Hall–Kier alpha value is -3.41. The Morgan fingerprint density at radius 2 is 1.85 bits per heavy atom. The number of fused-ring (bicyclic) bond motifs is 2. The van der Waals surface area contributed by atoms with E-state index in [0.717, 1.165) is 28.6 Å². The highest BCUT2D eigenvalue weighted by Gasteiger charge is 2.35. The zero-order chi connectivity index (χ0) is 23.3. The van der Waals surface area contributed by atoms with Gasteiger partial charge in [0, 0.05) is 30.3 Å². The summed E-state index contributed by atoms with van der Waals surface area (Å²) in [5.41, 5.74) is 3.23. The number of aryl methyl sites for hydroxylation is 2. The number of carbonyl (C=O) groups is 1. The van der Waals surface area contributed by atoms with E-state index in [1.807, 2.05) is 48.1 Å². The third kappa shape index (κ3) is 3.73. The van der Waals surface area contributed by atoms with Crippen LogP contribution < -0.4 is 4.57 Å². The molecule has 0 spiro atoms. The molecule has 2 aromatic carbocycles. The van der Waals surface area contributed by atoms with E-state index in [4.69, 9.17) is 0 Å². The van der Waals surface area contributed by atoms with Gasteiger partial charge in [-0.15, -0.1) is 0 Å². The quantitative estimate of drug-likeness (QED) is 0.340. The molecule has 1 aliphatic rings. The molecule has 0 saturated carbocycles. The normalized spacial score (nSPS) is 17.2. The van der Waals surface area contributed by atoms with Crippen molar-refractivity contribution in [3.63, 3.8) is 0 Å². The van der Waals surface area contributed by atoms with Gasteiger partial charge in [-0.3, -0.25) is 4.79 Å². The van der Waals surface area contributed by atoms with Crippen LogP contribution in [0.3, 0.4) is 0 Å². The van der Waals surface area contributed by atoms with Gasteiger partial charge < -0.3 is 4.57 Å². The van der Waals surface area contributed by atoms with E-state index in [1.54, 1.807) is 0 Å². The van der Waals surface area contributed by atoms with Gasteiger partial charge in [0.2, 0.25) is 0 Å². The molecule has 0 radical (unpaired) electrons. The van der Waals surface area contributed by atoms with Gasteiger partial charge in [-0.05, 0) is 43.0 Å². The molecular formula is C27H24F3N2O+. The second kappa shape index (κ2) is 7.87. The van der Waals surface area contributed by atoms with Crippen LogP contribution in [0.5, 0.6) is 0 Å². The predicted molar refractivity (Wildman–Crippen MR) is 120 cm³/mol. The molecule has 3 nitrogen and oxygen atoms in total. The Labute approximate surface area is 190 Å². The summed E-state index contributed by atoms with van der Waals surface area (Å²) in [5, 5.41) is 1.03. The number of aromatic nitrogens is 2. The summed E-state index contributed by atoms with van der Waals surface area (Å²) in [4.78, 5) is 13.3. The molecule has 0 fully saturated rings. The molecule has 2 unspecified atom stereocenters. The van der Waals surface area contributed by atoms with Gasteiger partial charge in [0.05, 0.1) is 22.5 Å². The molecule has 168 valence electrons. The minimum Gasteiger partial charge on any atom is -0.336 e. The van der Waals surface area contributed by atoms with Crippen molar-refractivity contribution in [2.75, 3.05) is 0 Å². The van der Waals surface area contributed by atoms with Gasteiger partial charge in [-0.1, -0.05) is 36.4 Å². The Balaban J connectivity index is 1.53. The second-order valence-electron chi connectivity index (χ2n) is 8.79. The van der Waals surface area contributed by atoms with Crippen molar-refractivity contribution in [1.82, 2.24) is 4.57 Å². The minimum atomic E-state index is -4.47. The number of pyridine rings is 1. The van der Waals surface area contributed by atoms with Gasteiger partial charge in [-0.2, -0.15) is 17.7 Å². The van der Waals surface area contributed by atoms with Crippen molar-refractivity contribution in [2.45, 2.75) is 44.9 Å². The lowest BCUT2D eigenvalue weighted by Crippen LogP contribution is -2.37. The highest BCUT2D eigenvalue weighted by atomic mass is 19.4. The van der Waals surface area contributed by atoms with Crippen LogP contribution in [0.2, 0.25) is 0 Å². The van der Waals surface area contributed by atoms with Crippen molar-refractivity contribution < 1.29 is 22.5 Å². The van der Waals surface area contributed by atoms with Crippen LogP contribution in [-0.2, 0) is 12.6 Å². The minimum absolute atomic E-state index is 0.141. The molecular weight excluding hydrogens is 425 g/mol. The molecule has 2 aromatic heterocycles. The molecule has 5 rings (SSSR count). The molecule has 0 bridgehead atoms. The standard InChI is InChI=1S/C27H24F3N2O/c1-17-15-32(24-12-13-31(16-23(17)24)18(2)19-6-4-3-5-7-19)25-11-9-20-8-10-21(27(28,29)30)14-22(20)26(25)33/h3-8,10,12-16,18,25H,9,11H2,1-2H3/q+1. The SMILES string of the molecule is Cc1cn(C2CCc3ccc(C(F)(F)F)cc3C2=O)c2cc[n+](C(C)c3ccccc3)cc12. The first-order valence-corrected chi connectivity index (χ1v) is 11.1. The van der Waals surface area contributed by atoms with Gasteiger partial charge in [0.1, 0.15) is 0 Å². The largest absolute Gasteiger partial charge is 0.416 e. The fraction of sp³-hybridized carbons (Fsp3) is 0.259. The number of hydrogen-bond donors (Lipinski definition) is 0. The number of halogens is 3. The lowest BCUT2D eigenvalue weighted by molar-refractivity contribution is -0.709. The van der Waals surface area contributed by atoms with Crippen LogP contribution >= 0.6 is 0 Å². The summed E-state index contributed by atoms with van der Waals surface area (Å²) in [6.45, 7) is 4.13. The second-order valence-corrected chi connectivity index (χ2v) is 8.79. The first-order chi connectivity index (χ1) is 15.7. The third-order valence-electron chi connectivity index (χ3n) is 6.75. The highest BCUT2D eigenvalue weighted by molar-refractivity contribution is 6.02. The van der Waals surface area contributed by atoms with Crippen LogP contribution in [-0.4, -0.2) is 10.4 Å². The van der Waals surface area contributed by atoms with Crippen molar-refractivity contribution in [2.24, 2.45) is 0 Å². The first kappa shape index (κ1) is 21.4. The Morgan fingerprint density at radius 3 is 2.58 bits per heavy atom. The number of nitrogens with zero attached hydrogens (tertiary/aromatic N) is 2. The molecule has 6 heteroatoms. The average molecular weight is 449 g/mol. The third-order valence-corrected chi connectivity index (χ3v) is 6.75. The Morgan fingerprint density at radius 1 is 1.09 bits per heavy atom. The number of Topliss-reactive ketones (excluding diaryl/α,β-unsaturated/α-hetero) is 1. The fourth-order valence-electron chi connectivity index (χ4n) is 4.85. The summed E-state index contributed by atoms with van der Waals surface area (Å²) in [6, 6.07) is 15.3. The molecule has 0 saturated heterocycles. The van der Waals surface area contributed by atoms with E-state index in [9.17, 15) is 18.0 Å². The smallest absolute Gasteiger partial charge is 0.336 e. The average Bonchev–Trinajstić information content (AvgIpc) is 3.14. The summed E-state index contributed by atoms with van der Waals surface area (Å²) in [6.07, 6.45) is 2.70. The number of ketones is 1. The van der Waals surface area contributed by atoms with E-state index in [1.165, 1.54) is 11.6 Å². The fourth-order valence-corrected chi connectivity index (χ4v) is 4.85. The molecule has 4 aromatic rings. The van der Waals surface area contributed by atoms with Crippen LogP contribution in [0.15, 0.2) is 73.2 Å². The Kier molecular flexibility index (Phi) is 5.11. The summed E-state index contributed by atoms with van der Waals surface area (Å²) in [7, 11) is 0. The van der Waals surface area contributed by atoms with Gasteiger partial charge >= 0.3 is 6.18 Å². The maximum atomic E-state index is 13.3. The van der Waals surface area contributed by atoms with E-state index in [2.05, 4.69) is 29.8 Å². The van der Waals surface area contributed by atoms with Crippen molar-refractivity contribution >= 4 is 16.7 Å². The molecule has 2 atom stereocenters. The highest BCUT2D eigenvalue weighted by Crippen LogP contribution is 2.36. The maximum Gasteiger partial charge on any atom is 0.416 e. The van der Waals surface area contributed by atoms with Crippen LogP contribution in [0.1, 0.15) is 58.0 Å². The summed E-state index contributed by atoms with van der Waals surface area (Å²) in [5.74, 6) is -0.256. The van der Waals surface area contributed by atoms with E-state index in [-0.39, 0.29) is 17.4 Å². The van der Waals surface area contributed by atoms with Gasteiger partial charge in [0.15, 0.2) is 24.2 Å². The number of hydrogen-bond acceptors (Lipinski definition) is 1. The molecule has 2 heterocycles. The monoisotopic (exact) mass is 449 g/mol. The topological polar surface area (TPSA) is 25.9 Å². The van der Waals surface area contributed by atoms with Crippen molar-refractivity contribution in [1.29, 1.82) is 0 Å². The number of rotatable bonds is 3. The number of benzene rings is 2. The van der Waals surface area contributed by atoms with E-state index >= 15 is 0 Å². The lowest BCUT2D eigenvalue weighted by Gasteiger charge is -2.26. The zero-order valence-corrected chi connectivity index (χ0v) is 18.4. The molecule has 1 aliphatic carbocycles. The van der Waals surface area contributed by atoms with Crippen LogP contribution in [0, 0.1) is 6.92 Å². The van der Waals surface area contributed by atoms with Gasteiger partial charge in [-0.25, -0.2) is 0 Å². The first-order valence-electron chi connectivity index (χ1n) is 11.1. The molecule has 0 aliphatic heterocycles. The number of alkyl halides is 3. The predicted octanol–water partition coefficient (Wildman–Crippen LogP) is 6.24. The zero-order valence-electron chi connectivity index (χ0n) is 18.4. The summed E-state index contributed by atoms with van der Waals surface area (Å²) < 4.78 is 43.8. The Bertz CT molecular complexity index is 1360. The maximum absolute atomic E-state index is 13.3. The van der Waals surface area contributed by atoms with Crippen molar-refractivity contribution in [3.05, 3.63) is 101 Å². The molecule has 0 N–H and O–H groups in total. The lowest BCUT2D eigenvalue weighted by atomic mass is 9.86. The summed E-state index contributed by atoms with van der Waals surface area (Å²) >= 11 is 0.